The first kappa shape index (κ1) is 39.5. The van der Waals surface area contributed by atoms with Crippen molar-refractivity contribution in [2.24, 2.45) is 21.7 Å². The summed E-state index contributed by atoms with van der Waals surface area (Å²) in [6.07, 6.45) is 3.16. The maximum atomic E-state index is 13.5. The van der Waals surface area contributed by atoms with Crippen LogP contribution < -0.4 is 5.32 Å². The number of esters is 2. The highest BCUT2D eigenvalue weighted by Gasteiger charge is 2.77. The number of carbonyl (C=O) groups is 4. The third kappa shape index (κ3) is 7.39. The number of amides is 1. The predicted octanol–water partition coefficient (Wildman–Crippen LogP) is 4.45. The fourth-order valence-electron chi connectivity index (χ4n) is 8.96. The zero-order valence-corrected chi connectivity index (χ0v) is 29.8. The second kappa shape index (κ2) is 15.7. The van der Waals surface area contributed by atoms with Gasteiger partial charge in [-0.1, -0.05) is 24.3 Å². The lowest BCUT2D eigenvalue weighted by atomic mass is 9.34. The minimum atomic E-state index is -1.00. The molecule has 2 heterocycles. The van der Waals surface area contributed by atoms with E-state index in [4.69, 9.17) is 11.2 Å². The van der Waals surface area contributed by atoms with Crippen molar-refractivity contribution in [2.45, 2.75) is 75.7 Å². The summed E-state index contributed by atoms with van der Waals surface area (Å²) < 4.78 is 51.3. The standard InChI is InChI=1S/C18H20FNO4.C10H12FNO.C8H10O4.CH3F.ClH/c1-24-16(23)18-8-17(9-18,10-18)15(22)20-7-13(21)6-14(20)11-3-2-4-12(19)5-11;11-8-3-1-2-7(4-8)10-5-9(13)6-12-10;1-12-6(11)8-2-7(3-8,4-8)5(9)10;1-2;/h2-5,13-14,21H,6-10H2,1H3;1-4,9-10,12-13H,5-6H2;2-4H2,1H3,(H,9,10);1H3;1H/i;;;1D;. The molecular formula is C37H46ClF3N2O9. The van der Waals surface area contributed by atoms with Crippen LogP contribution in [0.5, 0.6) is 0 Å². The number of halogens is 4. The molecule has 10 rings (SSSR count). The lowest BCUT2D eigenvalue weighted by molar-refractivity contribution is -0.232. The number of nitrogens with zero attached hydrogens (tertiary/aromatic N) is 1. The molecule has 15 heteroatoms. The van der Waals surface area contributed by atoms with Crippen molar-refractivity contribution < 1.29 is 58.5 Å². The van der Waals surface area contributed by atoms with E-state index in [9.17, 15) is 42.6 Å². The number of hydrogen-bond acceptors (Lipinski definition) is 9. The summed E-state index contributed by atoms with van der Waals surface area (Å²) in [5, 5.41) is 31.2. The number of nitrogens with one attached hydrogen (secondary N) is 1. The molecule has 0 aromatic heterocycles. The second-order valence-electron chi connectivity index (χ2n) is 14.8. The number of ether oxygens (including phenoxy) is 2. The van der Waals surface area contributed by atoms with Crippen molar-refractivity contribution in [3.63, 3.8) is 0 Å². The molecule has 8 aliphatic rings. The van der Waals surface area contributed by atoms with Crippen molar-refractivity contribution in [1.82, 2.24) is 10.2 Å². The fourth-order valence-corrected chi connectivity index (χ4v) is 8.96. The first-order valence-electron chi connectivity index (χ1n) is 17.5. The van der Waals surface area contributed by atoms with Gasteiger partial charge in [0.05, 0.1) is 62.7 Å². The van der Waals surface area contributed by atoms with E-state index in [1.54, 1.807) is 23.1 Å². The molecule has 286 valence electrons. The average Bonchev–Trinajstić information content (AvgIpc) is 3.64. The van der Waals surface area contributed by atoms with Crippen molar-refractivity contribution in [3.8, 4) is 0 Å². The second-order valence-corrected chi connectivity index (χ2v) is 14.8. The number of aliphatic hydroxyl groups is 2. The molecule has 4 atom stereocenters. The maximum Gasteiger partial charge on any atom is 0.311 e. The number of rotatable bonds is 6. The zero-order chi connectivity index (χ0) is 38.1. The number of hydrogen-bond donors (Lipinski definition) is 4. The van der Waals surface area contributed by atoms with E-state index < -0.39 is 40.9 Å². The zero-order valence-electron chi connectivity index (χ0n) is 30.0. The number of aliphatic carboxylic acids is 1. The molecule has 2 saturated heterocycles. The van der Waals surface area contributed by atoms with Gasteiger partial charge in [0.15, 0.2) is 0 Å². The number of methoxy groups -OCH3 is 2. The Kier molecular flexibility index (Phi) is 11.9. The van der Waals surface area contributed by atoms with E-state index in [1.807, 2.05) is 6.07 Å². The van der Waals surface area contributed by atoms with Crippen LogP contribution in [0.25, 0.3) is 0 Å². The van der Waals surface area contributed by atoms with Gasteiger partial charge in [0.1, 0.15) is 11.6 Å². The molecule has 8 fully saturated rings. The molecule has 1 amide bonds. The summed E-state index contributed by atoms with van der Waals surface area (Å²) in [6.45, 7) is 0.855. The molecule has 2 aromatic carbocycles. The molecule has 4 bridgehead atoms. The molecule has 52 heavy (non-hydrogen) atoms. The molecular weight excluding hydrogens is 709 g/mol. The fraction of sp³-hybridized carbons (Fsp3) is 0.568. The molecule has 6 saturated carbocycles. The third-order valence-corrected chi connectivity index (χ3v) is 11.3. The van der Waals surface area contributed by atoms with Crippen LogP contribution in [0.15, 0.2) is 48.5 Å². The maximum absolute atomic E-state index is 13.5. The van der Waals surface area contributed by atoms with Crippen molar-refractivity contribution in [1.29, 1.82) is 0 Å². The van der Waals surface area contributed by atoms with Crippen LogP contribution in [-0.4, -0.2) is 90.7 Å². The van der Waals surface area contributed by atoms with E-state index in [1.165, 1.54) is 38.5 Å². The number of aliphatic hydroxyl groups excluding tert-OH is 2. The van der Waals surface area contributed by atoms with Gasteiger partial charge in [-0.15, -0.1) is 12.4 Å². The van der Waals surface area contributed by atoms with E-state index in [0.29, 0.717) is 63.5 Å². The summed E-state index contributed by atoms with van der Waals surface area (Å²) in [7, 11) is 1.71. The Morgan fingerprint density at radius 1 is 0.808 bits per heavy atom. The first-order valence-corrected chi connectivity index (χ1v) is 16.8. The Hall–Kier alpha value is -3.72. The van der Waals surface area contributed by atoms with Gasteiger partial charge in [0.2, 0.25) is 5.91 Å². The van der Waals surface area contributed by atoms with Crippen LogP contribution in [0.3, 0.4) is 0 Å². The van der Waals surface area contributed by atoms with Gasteiger partial charge >= 0.3 is 17.9 Å². The smallest absolute Gasteiger partial charge is 0.311 e. The van der Waals surface area contributed by atoms with Crippen LogP contribution in [-0.2, 0) is 28.7 Å². The van der Waals surface area contributed by atoms with Gasteiger partial charge in [-0.05, 0) is 86.8 Å². The van der Waals surface area contributed by atoms with E-state index in [2.05, 4.69) is 10.1 Å². The Bertz CT molecular complexity index is 1650. The molecule has 4 unspecified atom stereocenters. The number of likely N-dealkylation sites (tertiary alicyclic amines) is 1. The summed E-state index contributed by atoms with van der Waals surface area (Å²) in [4.78, 5) is 48.2. The Morgan fingerprint density at radius 3 is 1.73 bits per heavy atom. The van der Waals surface area contributed by atoms with Crippen LogP contribution in [0, 0.1) is 33.3 Å². The first-order chi connectivity index (χ1) is 24.6. The largest absolute Gasteiger partial charge is 0.481 e. The van der Waals surface area contributed by atoms with E-state index in [-0.39, 0.29) is 66.6 Å². The van der Waals surface area contributed by atoms with Gasteiger partial charge in [-0.25, -0.2) is 8.78 Å². The Balaban J connectivity index is 0.000000183. The Labute approximate surface area is 307 Å². The molecule has 6 aliphatic carbocycles. The highest BCUT2D eigenvalue weighted by Crippen LogP contribution is 2.75. The van der Waals surface area contributed by atoms with Gasteiger partial charge in [0, 0.05) is 19.1 Å². The molecule has 0 radical (unpaired) electrons. The number of benzene rings is 2. The summed E-state index contributed by atoms with van der Waals surface area (Å²) in [5.74, 6) is -1.85. The van der Waals surface area contributed by atoms with E-state index >= 15 is 0 Å². The van der Waals surface area contributed by atoms with Gasteiger partial charge in [0.25, 0.3) is 0 Å². The lowest BCUT2D eigenvalue weighted by Crippen LogP contribution is -2.71. The monoisotopic (exact) mass is 755 g/mol. The molecule has 0 spiro atoms. The number of carboxylic acids is 1. The predicted molar refractivity (Wildman–Crippen MR) is 183 cm³/mol. The van der Waals surface area contributed by atoms with Crippen LogP contribution in [0.2, 0.25) is 0 Å². The number of carbonyl (C=O) groups excluding carboxylic acids is 3. The van der Waals surface area contributed by atoms with Crippen molar-refractivity contribution >= 4 is 36.2 Å². The third-order valence-electron chi connectivity index (χ3n) is 11.3. The summed E-state index contributed by atoms with van der Waals surface area (Å²) >= 11 is 0. The average molecular weight is 756 g/mol. The SMILES string of the molecule is COC(=O)C12CC(C(=O)N3CC(O)CC3c3cccc(F)c3)(C1)C2.COC(=O)C12CC(C(=O)O)(C1)C2.Cl.OC1CNC(c2cccc(F)c2)C1.[2H]CF. The summed E-state index contributed by atoms with van der Waals surface area (Å²) in [6, 6.07) is 12.5. The molecule has 4 N–H and O–H groups in total. The van der Waals surface area contributed by atoms with Gasteiger partial charge in [-0.2, -0.15) is 0 Å². The quantitative estimate of drug-likeness (QED) is 0.310. The van der Waals surface area contributed by atoms with E-state index in [0.717, 1.165) is 5.56 Å². The van der Waals surface area contributed by atoms with Crippen LogP contribution in [0.1, 0.15) is 75.9 Å². The highest BCUT2D eigenvalue weighted by atomic mass is 35.5. The normalized spacial score (nSPS) is 34.1. The minimum Gasteiger partial charge on any atom is -0.481 e. The number of alkyl halides is 1. The molecule has 2 aliphatic heterocycles. The number of β-amino-alcohol motifs (C(OH)–C–C–N with tert-alkyl or cyclic N) is 2. The van der Waals surface area contributed by atoms with Gasteiger partial charge in [-0.3, -0.25) is 23.6 Å². The molecule has 11 nitrogen and oxygen atoms in total. The minimum absolute atomic E-state index is 0. The van der Waals surface area contributed by atoms with Gasteiger partial charge < -0.3 is 35.0 Å². The summed E-state index contributed by atoms with van der Waals surface area (Å²) in [5.41, 5.74) is -0.354. The van der Waals surface area contributed by atoms with Crippen molar-refractivity contribution in [2.75, 3.05) is 34.5 Å². The van der Waals surface area contributed by atoms with Crippen LogP contribution in [0.4, 0.5) is 13.2 Å². The van der Waals surface area contributed by atoms with Crippen LogP contribution >= 0.6 is 12.4 Å². The Morgan fingerprint density at radius 2 is 1.29 bits per heavy atom. The number of carboxylic acid groups (broad SMARTS) is 1. The molecule has 2 aromatic rings. The van der Waals surface area contributed by atoms with Crippen molar-refractivity contribution in [3.05, 3.63) is 71.3 Å². The highest BCUT2D eigenvalue weighted by molar-refractivity contribution is 5.94. The topological polar surface area (TPSA) is 163 Å². The lowest BCUT2D eigenvalue weighted by Gasteiger charge is -2.67.